The molecule has 0 spiro atoms. The first-order valence-corrected chi connectivity index (χ1v) is 9.73. The lowest BCUT2D eigenvalue weighted by molar-refractivity contribution is -0.155. The summed E-state index contributed by atoms with van der Waals surface area (Å²) in [5.41, 5.74) is 1.36. The van der Waals surface area contributed by atoms with E-state index in [1.165, 1.54) is 4.90 Å². The Bertz CT molecular complexity index is 795. The van der Waals surface area contributed by atoms with Crippen molar-refractivity contribution in [3.63, 3.8) is 0 Å². The van der Waals surface area contributed by atoms with Crippen LogP contribution in [0.15, 0.2) is 36.4 Å². The Balaban J connectivity index is 2.15. The lowest BCUT2D eigenvalue weighted by Crippen LogP contribution is -2.47. The van der Waals surface area contributed by atoms with E-state index in [2.05, 4.69) is 6.58 Å². The molecule has 0 bridgehead atoms. The van der Waals surface area contributed by atoms with Gasteiger partial charge in [0.25, 0.3) is 17.7 Å². The number of fused-ring (bicyclic) bond motifs is 1. The van der Waals surface area contributed by atoms with Gasteiger partial charge in [0, 0.05) is 13.1 Å². The topological polar surface area (TPSA) is 84.0 Å². The molecule has 1 aliphatic rings. The van der Waals surface area contributed by atoms with Crippen LogP contribution in [0.25, 0.3) is 0 Å². The maximum Gasteiger partial charge on any atom is 0.329 e. The van der Waals surface area contributed by atoms with Crippen molar-refractivity contribution < 1.29 is 23.9 Å². The SMILES string of the molecule is C=C(C)CN(CC)C(=O)COC(=O)C(CC(C)C)N1C(=O)c2ccccc2C1=O. The van der Waals surface area contributed by atoms with Gasteiger partial charge in [-0.2, -0.15) is 0 Å². The number of nitrogens with zero attached hydrogens (tertiary/aromatic N) is 2. The van der Waals surface area contributed by atoms with Gasteiger partial charge in [-0.1, -0.05) is 38.1 Å². The number of carbonyl (C=O) groups is 4. The highest BCUT2D eigenvalue weighted by molar-refractivity contribution is 6.22. The quantitative estimate of drug-likeness (QED) is 0.361. The van der Waals surface area contributed by atoms with Crippen molar-refractivity contribution in [3.8, 4) is 0 Å². The molecule has 0 saturated carbocycles. The molecule has 1 heterocycles. The highest BCUT2D eigenvalue weighted by Crippen LogP contribution is 2.27. The third kappa shape index (κ3) is 5.10. The summed E-state index contributed by atoms with van der Waals surface area (Å²) in [6.07, 6.45) is 0.252. The van der Waals surface area contributed by atoms with Gasteiger partial charge in [0.2, 0.25) is 0 Å². The Morgan fingerprint density at radius 3 is 2.14 bits per heavy atom. The maximum atomic E-state index is 12.8. The first-order valence-electron chi connectivity index (χ1n) is 9.73. The standard InChI is InChI=1S/C22H28N2O5/c1-6-23(12-15(4)5)19(25)13-29-22(28)18(11-14(2)3)24-20(26)16-9-7-8-10-17(16)21(24)27/h7-10,14,18H,4,6,11-13H2,1-3,5H3. The van der Waals surface area contributed by atoms with Crippen LogP contribution in [0.4, 0.5) is 0 Å². The van der Waals surface area contributed by atoms with Gasteiger partial charge in [0.15, 0.2) is 6.61 Å². The summed E-state index contributed by atoms with van der Waals surface area (Å²) in [6, 6.07) is 5.39. The fourth-order valence-electron chi connectivity index (χ4n) is 3.27. The molecular weight excluding hydrogens is 372 g/mol. The van der Waals surface area contributed by atoms with E-state index in [-0.39, 0.29) is 29.4 Å². The summed E-state index contributed by atoms with van der Waals surface area (Å²) in [5.74, 6) is -2.11. The summed E-state index contributed by atoms with van der Waals surface area (Å²) >= 11 is 0. The van der Waals surface area contributed by atoms with Crippen LogP contribution < -0.4 is 0 Å². The first kappa shape index (κ1) is 22.3. The number of likely N-dealkylation sites (N-methyl/N-ethyl adjacent to an activating group) is 1. The summed E-state index contributed by atoms with van der Waals surface area (Å²) in [6.45, 7) is 11.6. The van der Waals surface area contributed by atoms with Crippen LogP contribution in [0, 0.1) is 5.92 Å². The molecule has 29 heavy (non-hydrogen) atoms. The second-order valence-electron chi connectivity index (χ2n) is 7.64. The number of amides is 3. The lowest BCUT2D eigenvalue weighted by atomic mass is 10.0. The molecule has 1 aromatic rings. The number of benzene rings is 1. The summed E-state index contributed by atoms with van der Waals surface area (Å²) in [5, 5.41) is 0. The fourth-order valence-corrected chi connectivity index (χ4v) is 3.27. The van der Waals surface area contributed by atoms with Gasteiger partial charge in [-0.15, -0.1) is 0 Å². The molecule has 2 rings (SSSR count). The molecule has 0 saturated heterocycles. The van der Waals surface area contributed by atoms with Crippen LogP contribution >= 0.6 is 0 Å². The Hall–Kier alpha value is -2.96. The van der Waals surface area contributed by atoms with Crippen LogP contribution in [-0.4, -0.2) is 59.2 Å². The van der Waals surface area contributed by atoms with Gasteiger partial charge < -0.3 is 9.64 Å². The number of esters is 1. The third-order valence-corrected chi connectivity index (χ3v) is 4.64. The van der Waals surface area contributed by atoms with E-state index in [9.17, 15) is 19.2 Å². The maximum absolute atomic E-state index is 12.8. The van der Waals surface area contributed by atoms with E-state index >= 15 is 0 Å². The van der Waals surface area contributed by atoms with Crippen molar-refractivity contribution in [2.45, 2.75) is 40.2 Å². The highest BCUT2D eigenvalue weighted by Gasteiger charge is 2.43. The Kier molecular flexibility index (Phi) is 7.31. The predicted octanol–water partition coefficient (Wildman–Crippen LogP) is 2.67. The Labute approximate surface area is 171 Å². The molecule has 0 aromatic heterocycles. The predicted molar refractivity (Wildman–Crippen MR) is 108 cm³/mol. The average molecular weight is 400 g/mol. The van der Waals surface area contributed by atoms with E-state index in [1.54, 1.807) is 24.3 Å². The van der Waals surface area contributed by atoms with Crippen molar-refractivity contribution in [1.82, 2.24) is 9.80 Å². The van der Waals surface area contributed by atoms with E-state index in [4.69, 9.17) is 4.74 Å². The van der Waals surface area contributed by atoms with Gasteiger partial charge in [-0.25, -0.2) is 4.79 Å². The molecule has 0 N–H and O–H groups in total. The van der Waals surface area contributed by atoms with E-state index in [0.29, 0.717) is 13.1 Å². The minimum Gasteiger partial charge on any atom is -0.454 e. The second kappa shape index (κ2) is 9.49. The zero-order chi connectivity index (χ0) is 21.7. The van der Waals surface area contributed by atoms with Crippen LogP contribution in [-0.2, 0) is 14.3 Å². The number of carbonyl (C=O) groups excluding carboxylic acids is 4. The molecule has 1 aliphatic heterocycles. The number of hydrogen-bond donors (Lipinski definition) is 0. The number of hydrogen-bond acceptors (Lipinski definition) is 5. The van der Waals surface area contributed by atoms with Gasteiger partial charge in [-0.3, -0.25) is 19.3 Å². The van der Waals surface area contributed by atoms with Crippen molar-refractivity contribution in [3.05, 3.63) is 47.5 Å². The second-order valence-corrected chi connectivity index (χ2v) is 7.64. The molecule has 156 valence electrons. The smallest absolute Gasteiger partial charge is 0.329 e. The Morgan fingerprint density at radius 2 is 1.69 bits per heavy atom. The van der Waals surface area contributed by atoms with E-state index < -0.39 is 30.4 Å². The number of ether oxygens (including phenoxy) is 1. The average Bonchev–Trinajstić information content (AvgIpc) is 2.92. The minimum atomic E-state index is -1.08. The summed E-state index contributed by atoms with van der Waals surface area (Å²) in [4.78, 5) is 53.1. The molecule has 0 fully saturated rings. The highest BCUT2D eigenvalue weighted by atomic mass is 16.5. The van der Waals surface area contributed by atoms with Gasteiger partial charge in [0.05, 0.1) is 11.1 Å². The number of imide groups is 1. The zero-order valence-electron chi connectivity index (χ0n) is 17.4. The molecule has 1 atom stereocenters. The molecule has 7 nitrogen and oxygen atoms in total. The molecule has 0 aliphatic carbocycles. The molecule has 3 amide bonds. The van der Waals surface area contributed by atoms with Gasteiger partial charge in [0.1, 0.15) is 6.04 Å². The van der Waals surface area contributed by atoms with Gasteiger partial charge in [-0.05, 0) is 38.3 Å². The number of rotatable bonds is 9. The minimum absolute atomic E-state index is 0.0307. The third-order valence-electron chi connectivity index (χ3n) is 4.64. The molecule has 0 radical (unpaired) electrons. The van der Waals surface area contributed by atoms with Crippen molar-refractivity contribution >= 4 is 23.7 Å². The molecule has 1 unspecified atom stereocenters. The first-order chi connectivity index (χ1) is 13.7. The fraction of sp³-hybridized carbons (Fsp3) is 0.455. The molecule has 7 heteroatoms. The van der Waals surface area contributed by atoms with Crippen molar-refractivity contribution in [2.75, 3.05) is 19.7 Å². The van der Waals surface area contributed by atoms with E-state index in [0.717, 1.165) is 10.5 Å². The Morgan fingerprint density at radius 1 is 1.14 bits per heavy atom. The normalized spacial score (nSPS) is 14.0. The largest absolute Gasteiger partial charge is 0.454 e. The summed E-state index contributed by atoms with van der Waals surface area (Å²) < 4.78 is 5.23. The molecule has 1 aromatic carbocycles. The van der Waals surface area contributed by atoms with Crippen LogP contribution in [0.3, 0.4) is 0 Å². The van der Waals surface area contributed by atoms with Crippen LogP contribution in [0.5, 0.6) is 0 Å². The lowest BCUT2D eigenvalue weighted by Gasteiger charge is -2.26. The van der Waals surface area contributed by atoms with Crippen molar-refractivity contribution in [2.24, 2.45) is 5.92 Å². The van der Waals surface area contributed by atoms with E-state index in [1.807, 2.05) is 27.7 Å². The molecular formula is C22H28N2O5. The van der Waals surface area contributed by atoms with Crippen LogP contribution in [0.1, 0.15) is 54.8 Å². The zero-order valence-corrected chi connectivity index (χ0v) is 17.4. The monoisotopic (exact) mass is 400 g/mol. The van der Waals surface area contributed by atoms with Crippen molar-refractivity contribution in [1.29, 1.82) is 0 Å². The van der Waals surface area contributed by atoms with Crippen LogP contribution in [0.2, 0.25) is 0 Å². The van der Waals surface area contributed by atoms with Gasteiger partial charge >= 0.3 is 5.97 Å². The summed E-state index contributed by atoms with van der Waals surface area (Å²) in [7, 11) is 0.